The summed E-state index contributed by atoms with van der Waals surface area (Å²) in [5.41, 5.74) is 2.18. The third-order valence-electron chi connectivity index (χ3n) is 4.91. The van der Waals surface area contributed by atoms with Gasteiger partial charge in [0.05, 0.1) is 17.5 Å². The van der Waals surface area contributed by atoms with Gasteiger partial charge >= 0.3 is 0 Å². The standard InChI is InChI=1S/C15H19N5O/c1-15(2)13(10-7-8-21-14(10)15)17-11-5-3-4-6-12(11)20-9-16-18-19-20/h3-6,9-10,13-14,17H,7-8H2,1-2H3. The topological polar surface area (TPSA) is 64.9 Å². The molecule has 3 atom stereocenters. The van der Waals surface area contributed by atoms with Crippen LogP contribution in [-0.2, 0) is 4.74 Å². The number of aromatic nitrogens is 4. The summed E-state index contributed by atoms with van der Waals surface area (Å²) < 4.78 is 7.55. The summed E-state index contributed by atoms with van der Waals surface area (Å²) in [6.45, 7) is 5.43. The Balaban J connectivity index is 1.64. The van der Waals surface area contributed by atoms with Gasteiger partial charge in [-0.2, -0.15) is 4.68 Å². The normalized spacial score (nSPS) is 29.7. The Kier molecular flexibility index (Phi) is 2.75. The van der Waals surface area contributed by atoms with Crippen LogP contribution in [-0.4, -0.2) is 39.0 Å². The summed E-state index contributed by atoms with van der Waals surface area (Å²) in [7, 11) is 0. The zero-order chi connectivity index (χ0) is 14.4. The van der Waals surface area contributed by atoms with Crippen LogP contribution in [0.1, 0.15) is 20.3 Å². The second-order valence-corrected chi connectivity index (χ2v) is 6.46. The summed E-state index contributed by atoms with van der Waals surface area (Å²) >= 11 is 0. The number of hydrogen-bond acceptors (Lipinski definition) is 5. The van der Waals surface area contributed by atoms with Crippen molar-refractivity contribution in [3.8, 4) is 5.69 Å². The first-order valence-electron chi connectivity index (χ1n) is 7.38. The fraction of sp³-hybridized carbons (Fsp3) is 0.533. The molecule has 1 aromatic carbocycles. The van der Waals surface area contributed by atoms with E-state index in [9.17, 15) is 0 Å². The van der Waals surface area contributed by atoms with E-state index in [2.05, 4.69) is 40.8 Å². The van der Waals surface area contributed by atoms with E-state index in [1.807, 2.05) is 18.2 Å². The molecule has 2 aliphatic rings. The molecule has 1 N–H and O–H groups in total. The lowest BCUT2D eigenvalue weighted by molar-refractivity contribution is -0.0923. The van der Waals surface area contributed by atoms with Crippen molar-refractivity contribution in [2.45, 2.75) is 32.4 Å². The van der Waals surface area contributed by atoms with Gasteiger partial charge in [0.2, 0.25) is 0 Å². The van der Waals surface area contributed by atoms with Crippen LogP contribution in [0.4, 0.5) is 5.69 Å². The smallest absolute Gasteiger partial charge is 0.143 e. The van der Waals surface area contributed by atoms with Gasteiger partial charge in [0, 0.05) is 24.0 Å². The Bertz CT molecular complexity index is 639. The number of ether oxygens (including phenoxy) is 1. The third kappa shape index (κ3) is 1.86. The minimum absolute atomic E-state index is 0.148. The Labute approximate surface area is 123 Å². The maximum Gasteiger partial charge on any atom is 0.143 e. The first-order valence-corrected chi connectivity index (χ1v) is 7.38. The average molecular weight is 285 g/mol. The van der Waals surface area contributed by atoms with Crippen LogP contribution < -0.4 is 5.32 Å². The molecular weight excluding hydrogens is 266 g/mol. The minimum Gasteiger partial charge on any atom is -0.380 e. The average Bonchev–Trinajstić information content (AvgIpc) is 3.15. The van der Waals surface area contributed by atoms with Crippen molar-refractivity contribution in [1.29, 1.82) is 0 Å². The molecule has 1 saturated carbocycles. The van der Waals surface area contributed by atoms with E-state index >= 15 is 0 Å². The van der Waals surface area contributed by atoms with Crippen molar-refractivity contribution < 1.29 is 4.74 Å². The first-order chi connectivity index (χ1) is 10.2. The maximum atomic E-state index is 5.86. The van der Waals surface area contributed by atoms with Gasteiger partial charge in [0.15, 0.2) is 0 Å². The molecule has 6 nitrogen and oxygen atoms in total. The fourth-order valence-corrected chi connectivity index (χ4v) is 3.85. The van der Waals surface area contributed by atoms with Gasteiger partial charge in [0.1, 0.15) is 6.33 Å². The van der Waals surface area contributed by atoms with Gasteiger partial charge < -0.3 is 10.1 Å². The monoisotopic (exact) mass is 285 g/mol. The van der Waals surface area contributed by atoms with Gasteiger partial charge in [0.25, 0.3) is 0 Å². The molecule has 2 aromatic rings. The zero-order valence-corrected chi connectivity index (χ0v) is 12.2. The van der Waals surface area contributed by atoms with E-state index in [1.165, 1.54) is 0 Å². The van der Waals surface area contributed by atoms with E-state index < -0.39 is 0 Å². The van der Waals surface area contributed by atoms with E-state index in [1.54, 1.807) is 11.0 Å². The molecular formula is C15H19N5O. The Hall–Kier alpha value is -1.95. The number of fused-ring (bicyclic) bond motifs is 1. The molecule has 1 saturated heterocycles. The van der Waals surface area contributed by atoms with Crippen LogP contribution in [0.5, 0.6) is 0 Å². The van der Waals surface area contributed by atoms with Gasteiger partial charge in [-0.05, 0) is 29.0 Å². The summed E-state index contributed by atoms with van der Waals surface area (Å²) in [5.74, 6) is 0.599. The Morgan fingerprint density at radius 2 is 2.19 bits per heavy atom. The molecule has 1 aliphatic heterocycles. The van der Waals surface area contributed by atoms with Crippen LogP contribution in [0, 0.1) is 11.3 Å². The third-order valence-corrected chi connectivity index (χ3v) is 4.91. The number of para-hydroxylation sites is 2. The Morgan fingerprint density at radius 1 is 1.33 bits per heavy atom. The largest absolute Gasteiger partial charge is 0.380 e. The van der Waals surface area contributed by atoms with Gasteiger partial charge in [-0.1, -0.05) is 26.0 Å². The lowest BCUT2D eigenvalue weighted by Gasteiger charge is -2.55. The quantitative estimate of drug-likeness (QED) is 0.933. The van der Waals surface area contributed by atoms with Crippen molar-refractivity contribution in [2.24, 2.45) is 11.3 Å². The van der Waals surface area contributed by atoms with Crippen LogP contribution >= 0.6 is 0 Å². The minimum atomic E-state index is 0.148. The van der Waals surface area contributed by atoms with Crippen molar-refractivity contribution in [2.75, 3.05) is 11.9 Å². The van der Waals surface area contributed by atoms with E-state index in [-0.39, 0.29) is 5.41 Å². The van der Waals surface area contributed by atoms with E-state index in [0.29, 0.717) is 18.1 Å². The van der Waals surface area contributed by atoms with Crippen LogP contribution in [0.3, 0.4) is 0 Å². The lowest BCUT2D eigenvalue weighted by Crippen LogP contribution is -2.63. The molecule has 6 heteroatoms. The highest BCUT2D eigenvalue weighted by Crippen LogP contribution is 2.53. The second-order valence-electron chi connectivity index (χ2n) is 6.46. The molecule has 2 heterocycles. The predicted molar refractivity (Wildman–Crippen MR) is 78.2 cm³/mol. The van der Waals surface area contributed by atoms with E-state index in [0.717, 1.165) is 24.4 Å². The maximum absolute atomic E-state index is 5.86. The fourth-order valence-electron chi connectivity index (χ4n) is 3.85. The predicted octanol–water partition coefficient (Wildman–Crippen LogP) is 1.89. The molecule has 1 aromatic heterocycles. The van der Waals surface area contributed by atoms with Gasteiger partial charge in [-0.25, -0.2) is 0 Å². The molecule has 0 amide bonds. The molecule has 3 unspecified atom stereocenters. The van der Waals surface area contributed by atoms with Crippen molar-refractivity contribution >= 4 is 5.69 Å². The number of benzene rings is 1. The summed E-state index contributed by atoms with van der Waals surface area (Å²) in [5, 5.41) is 15.1. The van der Waals surface area contributed by atoms with Gasteiger partial charge in [-0.3, -0.25) is 0 Å². The zero-order valence-electron chi connectivity index (χ0n) is 12.2. The summed E-state index contributed by atoms with van der Waals surface area (Å²) in [6.07, 6.45) is 3.14. The van der Waals surface area contributed by atoms with Crippen molar-refractivity contribution in [3.63, 3.8) is 0 Å². The van der Waals surface area contributed by atoms with E-state index in [4.69, 9.17) is 4.74 Å². The lowest BCUT2D eigenvalue weighted by atomic mass is 9.57. The molecule has 0 spiro atoms. The molecule has 0 bridgehead atoms. The second kappa shape index (κ2) is 4.53. The molecule has 2 fully saturated rings. The molecule has 4 rings (SSSR count). The highest BCUT2D eigenvalue weighted by atomic mass is 16.5. The number of anilines is 1. The molecule has 110 valence electrons. The van der Waals surface area contributed by atoms with Crippen molar-refractivity contribution in [1.82, 2.24) is 20.2 Å². The summed E-state index contributed by atoms with van der Waals surface area (Å²) in [6, 6.07) is 8.55. The number of hydrogen-bond donors (Lipinski definition) is 1. The van der Waals surface area contributed by atoms with Crippen molar-refractivity contribution in [3.05, 3.63) is 30.6 Å². The Morgan fingerprint density at radius 3 is 3.00 bits per heavy atom. The highest BCUT2D eigenvalue weighted by Gasteiger charge is 2.59. The van der Waals surface area contributed by atoms with Gasteiger partial charge in [-0.15, -0.1) is 5.10 Å². The number of nitrogens with one attached hydrogen (secondary N) is 1. The number of tetrazole rings is 1. The highest BCUT2D eigenvalue weighted by molar-refractivity contribution is 5.61. The van der Waals surface area contributed by atoms with Crippen LogP contribution in [0.15, 0.2) is 30.6 Å². The molecule has 1 aliphatic carbocycles. The molecule has 21 heavy (non-hydrogen) atoms. The van der Waals surface area contributed by atoms with Crippen LogP contribution in [0.25, 0.3) is 5.69 Å². The SMILES string of the molecule is CC1(C)C(Nc2ccccc2-n2cnnn2)C2CCOC21. The first kappa shape index (κ1) is 12.8. The van der Waals surface area contributed by atoms with Crippen LogP contribution in [0.2, 0.25) is 0 Å². The number of rotatable bonds is 3. The number of nitrogens with zero attached hydrogens (tertiary/aromatic N) is 4. The molecule has 0 radical (unpaired) electrons. The summed E-state index contributed by atoms with van der Waals surface area (Å²) in [4.78, 5) is 0.